The van der Waals surface area contributed by atoms with Crippen LogP contribution in [0.2, 0.25) is 0 Å². The summed E-state index contributed by atoms with van der Waals surface area (Å²) in [5.74, 6) is -0.148. The first-order valence-electron chi connectivity index (χ1n) is 11.6. The van der Waals surface area contributed by atoms with E-state index in [9.17, 15) is 9.59 Å². The van der Waals surface area contributed by atoms with Crippen molar-refractivity contribution in [3.8, 4) is 0 Å². The van der Waals surface area contributed by atoms with Crippen LogP contribution in [-0.4, -0.2) is 11.6 Å². The van der Waals surface area contributed by atoms with E-state index < -0.39 is 0 Å². The zero-order valence-electron chi connectivity index (χ0n) is 20.2. The molecule has 0 aromatic heterocycles. The van der Waals surface area contributed by atoms with Gasteiger partial charge in [0.1, 0.15) is 0 Å². The number of carbonyl (C=O) groups excluding carboxylic acids is 2. The van der Waals surface area contributed by atoms with E-state index in [1.165, 1.54) is 6.08 Å². The van der Waals surface area contributed by atoms with E-state index in [-0.39, 0.29) is 32.0 Å². The molecule has 0 spiro atoms. The van der Waals surface area contributed by atoms with Crippen LogP contribution in [0.15, 0.2) is 140 Å². The molecule has 0 aliphatic carbocycles. The predicted molar refractivity (Wildman–Crippen MR) is 151 cm³/mol. The molecule has 0 heterocycles. The SMILES string of the molecule is O=C(C=Cc1ccccc1)C=Cc1ccccc1.O=C([C-]=Cc1ccccc1)C=Cc1ccccc1.[Pd]. The van der Waals surface area contributed by atoms with Crippen LogP contribution in [0.1, 0.15) is 22.3 Å². The van der Waals surface area contributed by atoms with Gasteiger partial charge in [0, 0.05) is 20.4 Å². The van der Waals surface area contributed by atoms with Crippen molar-refractivity contribution >= 4 is 35.9 Å². The fraction of sp³-hybridized carbons (Fsp3) is 0. The quantitative estimate of drug-likeness (QED) is 0.123. The first kappa shape index (κ1) is 29.1. The number of carbonyl (C=O) groups is 2. The molecule has 0 saturated carbocycles. The predicted octanol–water partition coefficient (Wildman–Crippen LogP) is 7.77. The third-order valence-corrected chi connectivity index (χ3v) is 4.89. The number of benzene rings is 4. The Labute approximate surface area is 233 Å². The molecule has 37 heavy (non-hydrogen) atoms. The monoisotopic (exact) mass is 573 g/mol. The van der Waals surface area contributed by atoms with Crippen molar-refractivity contribution in [3.05, 3.63) is 168 Å². The maximum absolute atomic E-state index is 11.6. The Hall–Kier alpha value is -4.16. The Morgan fingerprint density at radius 2 is 0.784 bits per heavy atom. The molecule has 4 aromatic carbocycles. The van der Waals surface area contributed by atoms with E-state index in [1.54, 1.807) is 24.3 Å². The molecule has 0 aliphatic rings. The van der Waals surface area contributed by atoms with E-state index in [0.717, 1.165) is 22.3 Å². The maximum atomic E-state index is 11.6. The molecule has 186 valence electrons. The molecule has 0 fully saturated rings. The largest absolute Gasteiger partial charge is 0.319 e. The average molecular weight is 574 g/mol. The molecule has 0 bridgehead atoms. The van der Waals surface area contributed by atoms with Crippen LogP contribution in [-0.2, 0) is 30.0 Å². The van der Waals surface area contributed by atoms with E-state index >= 15 is 0 Å². The van der Waals surface area contributed by atoms with Gasteiger partial charge >= 0.3 is 0 Å². The minimum absolute atomic E-state index is 0. The smallest absolute Gasteiger partial charge is 0.178 e. The summed E-state index contributed by atoms with van der Waals surface area (Å²) >= 11 is 0. The molecule has 3 heteroatoms. The van der Waals surface area contributed by atoms with Gasteiger partial charge in [0.25, 0.3) is 0 Å². The van der Waals surface area contributed by atoms with Crippen molar-refractivity contribution in [2.75, 3.05) is 0 Å². The first-order chi connectivity index (χ1) is 17.7. The normalized spacial score (nSPS) is 10.8. The van der Waals surface area contributed by atoms with Crippen molar-refractivity contribution < 1.29 is 30.0 Å². The van der Waals surface area contributed by atoms with Crippen molar-refractivity contribution in [1.29, 1.82) is 0 Å². The topological polar surface area (TPSA) is 34.1 Å². The number of ketones is 2. The summed E-state index contributed by atoms with van der Waals surface area (Å²) in [6, 6.07) is 38.9. The summed E-state index contributed by atoms with van der Waals surface area (Å²) < 4.78 is 0. The van der Waals surface area contributed by atoms with Crippen LogP contribution >= 0.6 is 0 Å². The van der Waals surface area contributed by atoms with Crippen LogP contribution in [0.5, 0.6) is 0 Å². The Morgan fingerprint density at radius 1 is 0.459 bits per heavy atom. The first-order valence-corrected chi connectivity index (χ1v) is 11.6. The molecule has 4 rings (SSSR count). The number of hydrogen-bond donors (Lipinski definition) is 0. The molecule has 4 aromatic rings. The molecule has 0 N–H and O–H groups in total. The molecule has 0 radical (unpaired) electrons. The van der Waals surface area contributed by atoms with Crippen LogP contribution < -0.4 is 0 Å². The summed E-state index contributed by atoms with van der Waals surface area (Å²) in [6.07, 6.45) is 14.5. The number of hydrogen-bond acceptors (Lipinski definition) is 2. The fourth-order valence-corrected chi connectivity index (χ4v) is 3.03. The van der Waals surface area contributed by atoms with Gasteiger partial charge < -0.3 is 4.79 Å². The van der Waals surface area contributed by atoms with Gasteiger partial charge in [-0.1, -0.05) is 121 Å². The maximum Gasteiger partial charge on any atom is 0.178 e. The molecular formula is C34H27O2Pd-. The van der Waals surface area contributed by atoms with Crippen molar-refractivity contribution in [1.82, 2.24) is 0 Å². The Morgan fingerprint density at radius 3 is 1.16 bits per heavy atom. The van der Waals surface area contributed by atoms with Gasteiger partial charge in [-0.25, -0.2) is 0 Å². The van der Waals surface area contributed by atoms with Crippen molar-refractivity contribution in [3.63, 3.8) is 0 Å². The summed E-state index contributed by atoms with van der Waals surface area (Å²) in [7, 11) is 0. The zero-order valence-corrected chi connectivity index (χ0v) is 21.8. The van der Waals surface area contributed by atoms with Gasteiger partial charge in [0.2, 0.25) is 0 Å². The molecule has 0 atom stereocenters. The summed E-state index contributed by atoms with van der Waals surface area (Å²) in [6.45, 7) is 0. The van der Waals surface area contributed by atoms with Gasteiger partial charge in [-0.2, -0.15) is 6.08 Å². The number of rotatable bonds is 8. The third kappa shape index (κ3) is 12.4. The Kier molecular flexibility index (Phi) is 13.6. The zero-order chi connectivity index (χ0) is 25.3. The van der Waals surface area contributed by atoms with Crippen LogP contribution in [0.4, 0.5) is 0 Å². The van der Waals surface area contributed by atoms with Gasteiger partial charge in [-0.3, -0.25) is 4.79 Å². The minimum Gasteiger partial charge on any atom is -0.319 e. The summed E-state index contributed by atoms with van der Waals surface area (Å²) in [5, 5.41) is 0. The molecule has 0 saturated heterocycles. The minimum atomic E-state index is -0.136. The van der Waals surface area contributed by atoms with Crippen LogP contribution in [0.3, 0.4) is 0 Å². The van der Waals surface area contributed by atoms with E-state index in [4.69, 9.17) is 0 Å². The van der Waals surface area contributed by atoms with E-state index in [1.807, 2.05) is 133 Å². The van der Waals surface area contributed by atoms with Gasteiger partial charge in [-0.05, 0) is 28.8 Å². The second kappa shape index (κ2) is 17.3. The Balaban J connectivity index is 0.000000253. The van der Waals surface area contributed by atoms with Gasteiger partial charge in [0.15, 0.2) is 5.78 Å². The second-order valence-electron chi connectivity index (χ2n) is 7.70. The van der Waals surface area contributed by atoms with Crippen LogP contribution in [0, 0.1) is 6.08 Å². The average Bonchev–Trinajstić information content (AvgIpc) is 2.95. The standard InChI is InChI=1S/C17H14O.C17H13O.Pd/c2*18-17(13-11-15-7-3-1-4-8-15)14-12-16-9-5-2-6-10-16;/h1-14H;1-13H;/q;-1;. The Bertz CT molecular complexity index is 1110. The van der Waals surface area contributed by atoms with Gasteiger partial charge in [-0.15, -0.1) is 35.9 Å². The summed E-state index contributed by atoms with van der Waals surface area (Å²) in [4.78, 5) is 23.2. The van der Waals surface area contributed by atoms with Crippen molar-refractivity contribution in [2.24, 2.45) is 0 Å². The molecule has 0 amide bonds. The third-order valence-electron chi connectivity index (χ3n) is 4.89. The van der Waals surface area contributed by atoms with Crippen molar-refractivity contribution in [2.45, 2.75) is 0 Å². The van der Waals surface area contributed by atoms with Crippen LogP contribution in [0.25, 0.3) is 24.3 Å². The molecule has 0 aliphatic heterocycles. The van der Waals surface area contributed by atoms with Gasteiger partial charge in [0.05, 0.1) is 5.78 Å². The molecular weight excluding hydrogens is 547 g/mol. The fourth-order valence-electron chi connectivity index (χ4n) is 3.03. The number of allylic oxidation sites excluding steroid dienone is 4. The summed E-state index contributed by atoms with van der Waals surface area (Å²) in [5.41, 5.74) is 4.03. The van der Waals surface area contributed by atoms with E-state index in [0.29, 0.717) is 0 Å². The second-order valence-corrected chi connectivity index (χ2v) is 7.70. The molecule has 0 unspecified atom stereocenters. The van der Waals surface area contributed by atoms with E-state index in [2.05, 4.69) is 6.08 Å². The molecule has 2 nitrogen and oxygen atoms in total.